The second-order valence-corrected chi connectivity index (χ2v) is 6.54. The number of hydrogen-bond donors (Lipinski definition) is 1. The van der Waals surface area contributed by atoms with E-state index in [4.69, 9.17) is 4.52 Å². The van der Waals surface area contributed by atoms with Crippen LogP contribution in [0.2, 0.25) is 0 Å². The Hall–Kier alpha value is -2.30. The first-order valence-electron chi connectivity index (χ1n) is 7.30. The van der Waals surface area contributed by atoms with Crippen LogP contribution in [0.4, 0.5) is 10.5 Å². The highest BCUT2D eigenvalue weighted by Crippen LogP contribution is 2.23. The van der Waals surface area contributed by atoms with E-state index >= 15 is 0 Å². The summed E-state index contributed by atoms with van der Waals surface area (Å²) in [6.45, 7) is 8.72. The predicted molar refractivity (Wildman–Crippen MR) is 86.9 cm³/mol. The van der Waals surface area contributed by atoms with Gasteiger partial charge >= 0.3 is 6.03 Å². The summed E-state index contributed by atoms with van der Waals surface area (Å²) in [5, 5.41) is 6.76. The molecule has 5 nitrogen and oxygen atoms in total. The number of nitrogens with one attached hydrogen (secondary N) is 1. The monoisotopic (exact) mass is 301 g/mol. The quantitative estimate of drug-likeness (QED) is 0.934. The van der Waals surface area contributed by atoms with Gasteiger partial charge in [-0.1, -0.05) is 38.1 Å². The Bertz CT molecular complexity index is 639. The molecule has 1 aromatic carbocycles. The molecule has 2 rings (SSSR count). The van der Waals surface area contributed by atoms with E-state index in [2.05, 4.69) is 31.2 Å². The van der Waals surface area contributed by atoms with Gasteiger partial charge in [-0.15, -0.1) is 0 Å². The fourth-order valence-corrected chi connectivity index (χ4v) is 2.08. The highest BCUT2D eigenvalue weighted by atomic mass is 16.5. The summed E-state index contributed by atoms with van der Waals surface area (Å²) in [4.78, 5) is 13.7. The van der Waals surface area contributed by atoms with E-state index in [1.807, 2.05) is 37.3 Å². The lowest BCUT2D eigenvalue weighted by Gasteiger charge is -2.20. The number of carbonyl (C=O) groups excluding carboxylic acids is 1. The fourth-order valence-electron chi connectivity index (χ4n) is 2.08. The molecule has 0 atom stereocenters. The van der Waals surface area contributed by atoms with Gasteiger partial charge in [0.2, 0.25) is 0 Å². The van der Waals surface area contributed by atoms with Crippen LogP contribution in [0.15, 0.2) is 34.9 Å². The van der Waals surface area contributed by atoms with E-state index in [-0.39, 0.29) is 11.4 Å². The maximum absolute atomic E-state index is 12.2. The Morgan fingerprint density at radius 3 is 2.41 bits per heavy atom. The standard InChI is InChI=1S/C17H23N3O2/c1-12-10-15(19-22-12)11-20(5)16(21)18-14-8-6-13(7-9-14)17(2,3)4/h6-10H,11H2,1-5H3,(H,18,21). The zero-order valence-electron chi connectivity index (χ0n) is 13.8. The van der Waals surface area contributed by atoms with Gasteiger partial charge in [0, 0.05) is 18.8 Å². The topological polar surface area (TPSA) is 58.4 Å². The third-order valence-electron chi connectivity index (χ3n) is 3.42. The fraction of sp³-hybridized carbons (Fsp3) is 0.412. The molecule has 5 heteroatoms. The Morgan fingerprint density at radius 2 is 1.91 bits per heavy atom. The van der Waals surface area contributed by atoms with E-state index < -0.39 is 0 Å². The van der Waals surface area contributed by atoms with Gasteiger partial charge in [-0.3, -0.25) is 0 Å². The average molecular weight is 301 g/mol. The summed E-state index contributed by atoms with van der Waals surface area (Å²) in [5.74, 6) is 0.738. The van der Waals surface area contributed by atoms with Crippen molar-refractivity contribution in [2.75, 3.05) is 12.4 Å². The van der Waals surface area contributed by atoms with Crippen molar-refractivity contribution < 1.29 is 9.32 Å². The van der Waals surface area contributed by atoms with Crippen LogP contribution in [0.25, 0.3) is 0 Å². The molecular weight excluding hydrogens is 278 g/mol. The predicted octanol–water partition coefficient (Wildman–Crippen LogP) is 3.94. The van der Waals surface area contributed by atoms with Gasteiger partial charge in [-0.25, -0.2) is 4.79 Å². The molecule has 1 N–H and O–H groups in total. The van der Waals surface area contributed by atoms with Crippen molar-refractivity contribution in [2.24, 2.45) is 0 Å². The van der Waals surface area contributed by atoms with Crippen LogP contribution >= 0.6 is 0 Å². The minimum absolute atomic E-state index is 0.101. The highest BCUT2D eigenvalue weighted by Gasteiger charge is 2.14. The highest BCUT2D eigenvalue weighted by molar-refractivity contribution is 5.89. The van der Waals surface area contributed by atoms with Crippen LogP contribution in [-0.2, 0) is 12.0 Å². The first-order chi connectivity index (χ1) is 10.3. The lowest BCUT2D eigenvalue weighted by molar-refractivity contribution is 0.219. The second-order valence-electron chi connectivity index (χ2n) is 6.54. The third-order valence-corrected chi connectivity index (χ3v) is 3.42. The van der Waals surface area contributed by atoms with Crippen molar-refractivity contribution in [1.29, 1.82) is 0 Å². The molecule has 0 aliphatic heterocycles. The Balaban J connectivity index is 1.96. The van der Waals surface area contributed by atoms with E-state index in [0.717, 1.165) is 17.1 Å². The maximum atomic E-state index is 12.2. The molecular formula is C17H23N3O2. The molecule has 0 radical (unpaired) electrons. The lowest BCUT2D eigenvalue weighted by atomic mass is 9.87. The minimum atomic E-state index is -0.177. The van der Waals surface area contributed by atoms with Gasteiger partial charge in [0.05, 0.1) is 6.54 Å². The number of urea groups is 1. The average Bonchev–Trinajstić information content (AvgIpc) is 2.83. The summed E-state index contributed by atoms with van der Waals surface area (Å²) in [7, 11) is 1.73. The molecule has 0 unspecified atom stereocenters. The largest absolute Gasteiger partial charge is 0.361 e. The number of nitrogens with zero attached hydrogens (tertiary/aromatic N) is 2. The van der Waals surface area contributed by atoms with Crippen molar-refractivity contribution in [1.82, 2.24) is 10.1 Å². The summed E-state index contributed by atoms with van der Waals surface area (Å²) < 4.78 is 5.00. The number of hydrogen-bond acceptors (Lipinski definition) is 3. The van der Waals surface area contributed by atoms with Gasteiger partial charge in [0.1, 0.15) is 11.5 Å². The van der Waals surface area contributed by atoms with Crippen LogP contribution in [0.1, 0.15) is 37.8 Å². The molecule has 2 aromatic rings. The Labute approximate surface area is 131 Å². The maximum Gasteiger partial charge on any atom is 0.321 e. The minimum Gasteiger partial charge on any atom is -0.361 e. The van der Waals surface area contributed by atoms with Crippen molar-refractivity contribution >= 4 is 11.7 Å². The molecule has 118 valence electrons. The van der Waals surface area contributed by atoms with E-state index in [9.17, 15) is 4.79 Å². The summed E-state index contributed by atoms with van der Waals surface area (Å²) in [5.41, 5.74) is 2.85. The SMILES string of the molecule is Cc1cc(CN(C)C(=O)Nc2ccc(C(C)(C)C)cc2)no1. The van der Waals surface area contributed by atoms with Gasteiger partial charge in [-0.05, 0) is 30.0 Å². The molecule has 0 fully saturated rings. The molecule has 1 heterocycles. The first-order valence-corrected chi connectivity index (χ1v) is 7.30. The Morgan fingerprint density at radius 1 is 1.27 bits per heavy atom. The zero-order valence-corrected chi connectivity index (χ0v) is 13.8. The van der Waals surface area contributed by atoms with E-state index in [1.54, 1.807) is 11.9 Å². The molecule has 0 saturated heterocycles. The normalized spacial score (nSPS) is 11.3. The van der Waals surface area contributed by atoms with Crippen LogP contribution in [0.5, 0.6) is 0 Å². The van der Waals surface area contributed by atoms with E-state index in [1.165, 1.54) is 5.56 Å². The second kappa shape index (κ2) is 6.22. The van der Waals surface area contributed by atoms with E-state index in [0.29, 0.717) is 6.54 Å². The van der Waals surface area contributed by atoms with Crippen molar-refractivity contribution in [3.8, 4) is 0 Å². The molecule has 0 saturated carbocycles. The number of amides is 2. The van der Waals surface area contributed by atoms with Crippen molar-refractivity contribution in [3.05, 3.63) is 47.3 Å². The smallest absolute Gasteiger partial charge is 0.321 e. The Kier molecular flexibility index (Phi) is 4.54. The van der Waals surface area contributed by atoms with Crippen LogP contribution < -0.4 is 5.32 Å². The van der Waals surface area contributed by atoms with Crippen LogP contribution in [0.3, 0.4) is 0 Å². The number of benzene rings is 1. The van der Waals surface area contributed by atoms with Crippen LogP contribution in [-0.4, -0.2) is 23.1 Å². The summed E-state index contributed by atoms with van der Waals surface area (Å²) in [6, 6.07) is 9.57. The third kappa shape index (κ3) is 4.10. The van der Waals surface area contributed by atoms with Crippen molar-refractivity contribution in [2.45, 2.75) is 39.7 Å². The molecule has 1 aromatic heterocycles. The number of anilines is 1. The number of rotatable bonds is 3. The van der Waals surface area contributed by atoms with Crippen LogP contribution in [0, 0.1) is 6.92 Å². The lowest BCUT2D eigenvalue weighted by Crippen LogP contribution is -2.30. The number of carbonyl (C=O) groups is 1. The number of aryl methyl sites for hydroxylation is 1. The molecule has 22 heavy (non-hydrogen) atoms. The zero-order chi connectivity index (χ0) is 16.3. The first kappa shape index (κ1) is 16.1. The summed E-state index contributed by atoms with van der Waals surface area (Å²) >= 11 is 0. The molecule has 2 amide bonds. The molecule has 0 aliphatic rings. The molecule has 0 aliphatic carbocycles. The number of aromatic nitrogens is 1. The van der Waals surface area contributed by atoms with Crippen molar-refractivity contribution in [3.63, 3.8) is 0 Å². The molecule has 0 spiro atoms. The van der Waals surface area contributed by atoms with Gasteiger partial charge in [0.25, 0.3) is 0 Å². The molecule has 0 bridgehead atoms. The van der Waals surface area contributed by atoms with Gasteiger partial charge < -0.3 is 14.7 Å². The van der Waals surface area contributed by atoms with Gasteiger partial charge in [0.15, 0.2) is 0 Å². The summed E-state index contributed by atoms with van der Waals surface area (Å²) in [6.07, 6.45) is 0. The van der Waals surface area contributed by atoms with Gasteiger partial charge in [-0.2, -0.15) is 0 Å².